The maximum Gasteiger partial charge on any atom is 0.401 e. The molecular weight excluding hydrogens is 251 g/mol. The van der Waals surface area contributed by atoms with Crippen molar-refractivity contribution >= 4 is 23.9 Å². The zero-order valence-electron chi connectivity index (χ0n) is 10.1. The van der Waals surface area contributed by atoms with Gasteiger partial charge < -0.3 is 9.05 Å². The number of carbonyl (C=O) groups is 1. The van der Waals surface area contributed by atoms with Crippen LogP contribution in [0.3, 0.4) is 0 Å². The third-order valence-corrected chi connectivity index (χ3v) is 4.45. The van der Waals surface area contributed by atoms with Gasteiger partial charge in [0.15, 0.2) is 0 Å². The van der Waals surface area contributed by atoms with Gasteiger partial charge in [-0.05, 0) is 10.8 Å². The molecule has 0 fully saturated rings. The second-order valence-electron chi connectivity index (χ2n) is 3.69. The predicted octanol–water partition coefficient (Wildman–Crippen LogP) is 3.47. The summed E-state index contributed by atoms with van der Waals surface area (Å²) in [4.78, 5) is 12.2. The average Bonchev–Trinajstić information content (AvgIpc) is 2.45. The lowest BCUT2D eigenvalue weighted by molar-refractivity contribution is 0.102. The fourth-order valence-electron chi connectivity index (χ4n) is 1.80. The number of rotatable bonds is 4. The van der Waals surface area contributed by atoms with Gasteiger partial charge in [0, 0.05) is 19.8 Å². The molecule has 0 spiro atoms. The quantitative estimate of drug-likeness (QED) is 0.793. The van der Waals surface area contributed by atoms with Gasteiger partial charge in [0.25, 0.3) is 5.52 Å². The summed E-state index contributed by atoms with van der Waals surface area (Å²) in [5.41, 5.74) is -0.274. The lowest BCUT2D eigenvalue weighted by atomic mass is 10.1. The van der Waals surface area contributed by atoms with E-state index in [-0.39, 0.29) is 0 Å². The van der Waals surface area contributed by atoms with E-state index in [9.17, 15) is 9.36 Å². The molecule has 4 nitrogen and oxygen atoms in total. The first-order valence-corrected chi connectivity index (χ1v) is 6.91. The monoisotopic (exact) mass is 264 g/mol. The van der Waals surface area contributed by atoms with Crippen LogP contribution in [0, 0.1) is 0 Å². The number of benzene rings is 2. The summed E-state index contributed by atoms with van der Waals surface area (Å²) < 4.78 is 21.6. The molecule has 0 aromatic heterocycles. The van der Waals surface area contributed by atoms with E-state index in [4.69, 9.17) is 9.05 Å². The van der Waals surface area contributed by atoms with Crippen molar-refractivity contribution in [2.75, 3.05) is 14.2 Å². The van der Waals surface area contributed by atoms with Gasteiger partial charge >= 0.3 is 7.60 Å². The van der Waals surface area contributed by atoms with Crippen LogP contribution in [0.2, 0.25) is 0 Å². The highest BCUT2D eigenvalue weighted by molar-refractivity contribution is 7.72. The van der Waals surface area contributed by atoms with Crippen LogP contribution in [-0.2, 0) is 13.6 Å². The molecule has 0 aliphatic rings. The lowest BCUT2D eigenvalue weighted by Gasteiger charge is -2.13. The van der Waals surface area contributed by atoms with Crippen LogP contribution in [-0.4, -0.2) is 19.7 Å². The van der Waals surface area contributed by atoms with Crippen molar-refractivity contribution in [3.8, 4) is 0 Å². The predicted molar refractivity (Wildman–Crippen MR) is 69.9 cm³/mol. The minimum Gasteiger partial charge on any atom is -0.306 e. The molecule has 0 bridgehead atoms. The summed E-state index contributed by atoms with van der Waals surface area (Å²) in [7, 11) is -1.33. The van der Waals surface area contributed by atoms with Crippen LogP contribution in [0.1, 0.15) is 10.4 Å². The largest absolute Gasteiger partial charge is 0.401 e. The first-order valence-electron chi connectivity index (χ1n) is 5.36. The Bertz CT molecular complexity index is 622. The Balaban J connectivity index is 2.62. The van der Waals surface area contributed by atoms with Gasteiger partial charge in [0.2, 0.25) is 0 Å². The summed E-state index contributed by atoms with van der Waals surface area (Å²) in [6.45, 7) is 0. The van der Waals surface area contributed by atoms with Gasteiger partial charge in [-0.1, -0.05) is 42.5 Å². The third kappa shape index (κ3) is 2.10. The van der Waals surface area contributed by atoms with E-state index in [0.29, 0.717) is 5.56 Å². The smallest absolute Gasteiger partial charge is 0.306 e. The summed E-state index contributed by atoms with van der Waals surface area (Å²) in [6.07, 6.45) is 0. The van der Waals surface area contributed by atoms with Crippen molar-refractivity contribution in [3.05, 3.63) is 48.0 Å². The minimum absolute atomic E-state index is 0.347. The molecule has 0 saturated carbocycles. The fraction of sp³-hybridized carbons (Fsp3) is 0.154. The number of fused-ring (bicyclic) bond motifs is 1. The number of carbonyl (C=O) groups excluding carboxylic acids is 1. The van der Waals surface area contributed by atoms with Gasteiger partial charge in [-0.15, -0.1) is 0 Å². The molecule has 18 heavy (non-hydrogen) atoms. The van der Waals surface area contributed by atoms with E-state index in [2.05, 4.69) is 0 Å². The Morgan fingerprint density at radius 1 is 1.00 bits per heavy atom. The Morgan fingerprint density at radius 3 is 2.28 bits per heavy atom. The van der Waals surface area contributed by atoms with E-state index < -0.39 is 13.1 Å². The van der Waals surface area contributed by atoms with Crippen LogP contribution >= 0.6 is 7.60 Å². The molecule has 0 aliphatic carbocycles. The molecule has 2 rings (SSSR count). The van der Waals surface area contributed by atoms with Gasteiger partial charge in [0.05, 0.1) is 0 Å². The molecule has 2 aromatic carbocycles. The van der Waals surface area contributed by atoms with Crippen LogP contribution in [0.5, 0.6) is 0 Å². The summed E-state index contributed by atoms with van der Waals surface area (Å²) in [5, 5.41) is 1.64. The summed E-state index contributed by atoms with van der Waals surface area (Å²) in [5.74, 6) is 0. The molecule has 0 unspecified atom stereocenters. The Hall–Kier alpha value is -1.48. The highest BCUT2D eigenvalue weighted by Crippen LogP contribution is 2.50. The Morgan fingerprint density at radius 2 is 1.61 bits per heavy atom. The standard InChI is InChI=1S/C13H13O4P/c1-16-18(15,17-2)13(14)12-9-5-7-10-6-3-4-8-11(10)12/h3-9H,1-2H3. The second-order valence-corrected chi connectivity index (χ2v) is 5.83. The highest BCUT2D eigenvalue weighted by Gasteiger charge is 2.34. The molecule has 2 aromatic rings. The first-order chi connectivity index (χ1) is 8.62. The maximum atomic E-state index is 12.2. The van der Waals surface area contributed by atoms with Crippen LogP contribution < -0.4 is 0 Å². The summed E-state index contributed by atoms with van der Waals surface area (Å²) >= 11 is 0. The second kappa shape index (κ2) is 5.02. The number of hydrogen-bond acceptors (Lipinski definition) is 4. The van der Waals surface area contributed by atoms with E-state index in [1.807, 2.05) is 24.3 Å². The molecule has 5 heteroatoms. The average molecular weight is 264 g/mol. The molecular formula is C13H13O4P. The molecule has 0 heterocycles. The van der Waals surface area contributed by atoms with E-state index >= 15 is 0 Å². The van der Waals surface area contributed by atoms with E-state index in [0.717, 1.165) is 10.8 Å². The summed E-state index contributed by atoms with van der Waals surface area (Å²) in [6, 6.07) is 12.6. The first kappa shape index (κ1) is 13.0. The number of hydrogen-bond donors (Lipinski definition) is 0. The van der Waals surface area contributed by atoms with Crippen molar-refractivity contribution in [2.45, 2.75) is 0 Å². The Labute approximate surface area is 105 Å². The fourth-order valence-corrected chi connectivity index (χ4v) is 2.77. The zero-order chi connectivity index (χ0) is 13.2. The van der Waals surface area contributed by atoms with Crippen molar-refractivity contribution in [1.29, 1.82) is 0 Å². The van der Waals surface area contributed by atoms with Crippen LogP contribution in [0.4, 0.5) is 0 Å². The lowest BCUT2D eigenvalue weighted by Crippen LogP contribution is -2.04. The van der Waals surface area contributed by atoms with E-state index in [1.165, 1.54) is 14.2 Å². The molecule has 0 N–H and O–H groups in total. The van der Waals surface area contributed by atoms with Crippen LogP contribution in [0.25, 0.3) is 10.8 Å². The van der Waals surface area contributed by atoms with Gasteiger partial charge in [-0.25, -0.2) is 0 Å². The molecule has 0 saturated heterocycles. The van der Waals surface area contributed by atoms with Gasteiger partial charge in [0.1, 0.15) is 0 Å². The van der Waals surface area contributed by atoms with Gasteiger partial charge in [-0.3, -0.25) is 9.36 Å². The minimum atomic E-state index is -3.74. The highest BCUT2D eigenvalue weighted by atomic mass is 31.2. The zero-order valence-corrected chi connectivity index (χ0v) is 11.0. The topological polar surface area (TPSA) is 52.6 Å². The normalized spacial score (nSPS) is 11.7. The molecule has 0 radical (unpaired) electrons. The maximum absolute atomic E-state index is 12.2. The molecule has 0 amide bonds. The molecule has 0 aliphatic heterocycles. The van der Waals surface area contributed by atoms with E-state index in [1.54, 1.807) is 18.2 Å². The third-order valence-electron chi connectivity index (χ3n) is 2.75. The van der Waals surface area contributed by atoms with Crippen molar-refractivity contribution in [2.24, 2.45) is 0 Å². The van der Waals surface area contributed by atoms with Crippen molar-refractivity contribution in [3.63, 3.8) is 0 Å². The van der Waals surface area contributed by atoms with Gasteiger partial charge in [-0.2, -0.15) is 0 Å². The molecule has 0 atom stereocenters. The Kier molecular flexibility index (Phi) is 3.62. The molecule has 94 valence electrons. The van der Waals surface area contributed by atoms with Crippen molar-refractivity contribution < 1.29 is 18.4 Å². The van der Waals surface area contributed by atoms with Crippen molar-refractivity contribution in [1.82, 2.24) is 0 Å². The SMILES string of the molecule is COP(=O)(OC)C(=O)c1cccc2ccccc12. The van der Waals surface area contributed by atoms with Crippen LogP contribution in [0.15, 0.2) is 42.5 Å².